The number of aromatic amines is 1. The summed E-state index contributed by atoms with van der Waals surface area (Å²) in [5.41, 5.74) is 2.65. The molecule has 5 rings (SSSR count). The first-order valence-corrected chi connectivity index (χ1v) is 13.6. The van der Waals surface area contributed by atoms with Crippen LogP contribution in [-0.2, 0) is 17.5 Å². The van der Waals surface area contributed by atoms with E-state index in [0.717, 1.165) is 28.8 Å². The van der Waals surface area contributed by atoms with Crippen LogP contribution >= 0.6 is 0 Å². The monoisotopic (exact) mass is 570 g/mol. The van der Waals surface area contributed by atoms with Gasteiger partial charge in [-0.3, -0.25) is 9.69 Å². The molecule has 0 radical (unpaired) electrons. The van der Waals surface area contributed by atoms with E-state index in [1.165, 1.54) is 12.1 Å². The number of rotatable bonds is 4. The number of nitrogens with one attached hydrogen (secondary N) is 1. The van der Waals surface area contributed by atoms with Crippen LogP contribution in [0.1, 0.15) is 54.5 Å². The molecule has 0 saturated carbocycles. The molecule has 2 amide bonds. The number of aromatic nitrogens is 3. The second kappa shape index (κ2) is 11.2. The number of alkyl halides is 3. The minimum absolute atomic E-state index is 0.217. The van der Waals surface area contributed by atoms with E-state index < -0.39 is 17.3 Å². The van der Waals surface area contributed by atoms with Crippen LogP contribution in [0.2, 0.25) is 0 Å². The molecule has 4 heterocycles. The van der Waals surface area contributed by atoms with Crippen molar-refractivity contribution in [2.45, 2.75) is 45.5 Å². The smallest absolute Gasteiger partial charge is 0.416 e. The Kier molecular flexibility index (Phi) is 7.78. The summed E-state index contributed by atoms with van der Waals surface area (Å²) in [5.74, 6) is -0.00169. The maximum atomic E-state index is 13.2. The molecule has 2 aliphatic rings. The fraction of sp³-hybridized carbons (Fsp3) is 0.448. The summed E-state index contributed by atoms with van der Waals surface area (Å²) in [6.07, 6.45) is -0.312. The predicted molar refractivity (Wildman–Crippen MR) is 147 cm³/mol. The van der Waals surface area contributed by atoms with Crippen LogP contribution in [0, 0.1) is 0 Å². The molecule has 0 aliphatic carbocycles. The second-order valence-electron chi connectivity index (χ2n) is 11.3. The Hall–Kier alpha value is -3.93. The van der Waals surface area contributed by atoms with Crippen molar-refractivity contribution in [2.24, 2.45) is 0 Å². The van der Waals surface area contributed by atoms with E-state index in [4.69, 9.17) is 4.74 Å². The Morgan fingerprint density at radius 2 is 1.71 bits per heavy atom. The molecule has 1 saturated heterocycles. The Bertz CT molecular complexity index is 1450. The van der Waals surface area contributed by atoms with Crippen molar-refractivity contribution < 1.29 is 27.5 Å². The molecule has 2 aromatic heterocycles. The van der Waals surface area contributed by atoms with Crippen molar-refractivity contribution in [3.05, 3.63) is 65.1 Å². The number of amides is 2. The van der Waals surface area contributed by atoms with Gasteiger partial charge >= 0.3 is 12.3 Å². The van der Waals surface area contributed by atoms with Crippen LogP contribution in [0.15, 0.2) is 42.6 Å². The standard InChI is InChI=1S/C29H33F3N6O3/c1-28(2,3)41-27(40)38-10-8-20(9-11-38)21-16-23-24(33-17-21)35-25(34-23)26(39)37-14-12-36(13-15-37)18-19-4-6-22(7-5-19)29(30,31)32/h4-8,16-17H,9-15,18H2,1-3H3,(H,33,34,35). The summed E-state index contributed by atoms with van der Waals surface area (Å²) >= 11 is 0. The van der Waals surface area contributed by atoms with Crippen LogP contribution in [0.5, 0.6) is 0 Å². The van der Waals surface area contributed by atoms with E-state index in [1.807, 2.05) is 32.9 Å². The minimum atomic E-state index is -4.35. The molecular formula is C29H33F3N6O3. The van der Waals surface area contributed by atoms with E-state index in [1.54, 1.807) is 16.0 Å². The van der Waals surface area contributed by atoms with Gasteiger partial charge in [0.1, 0.15) is 5.60 Å². The number of hydrogen-bond acceptors (Lipinski definition) is 6. The molecule has 1 aromatic carbocycles. The molecule has 218 valence electrons. The quantitative estimate of drug-likeness (QED) is 0.477. The number of piperazine rings is 1. The summed E-state index contributed by atoms with van der Waals surface area (Å²) in [5, 5.41) is 0. The Labute approximate surface area is 236 Å². The van der Waals surface area contributed by atoms with Gasteiger partial charge in [0.2, 0.25) is 0 Å². The number of fused-ring (bicyclic) bond motifs is 1. The number of benzene rings is 1. The Morgan fingerprint density at radius 1 is 1.00 bits per heavy atom. The first-order chi connectivity index (χ1) is 19.4. The van der Waals surface area contributed by atoms with E-state index in [2.05, 4.69) is 19.9 Å². The molecule has 0 unspecified atom stereocenters. The highest BCUT2D eigenvalue weighted by atomic mass is 19.4. The van der Waals surface area contributed by atoms with Crippen molar-refractivity contribution >= 4 is 28.7 Å². The SMILES string of the molecule is CC(C)(C)OC(=O)N1CC=C(c2cnc3nc(C(=O)N4CCN(Cc5ccc(C(F)(F)F)cc5)CC4)[nH]c3c2)CC1. The zero-order chi connectivity index (χ0) is 29.4. The number of carbonyl (C=O) groups excluding carboxylic acids is 2. The van der Waals surface area contributed by atoms with E-state index >= 15 is 0 Å². The number of imidazole rings is 1. The number of halogens is 3. The van der Waals surface area contributed by atoms with Crippen molar-refractivity contribution in [2.75, 3.05) is 39.3 Å². The van der Waals surface area contributed by atoms with Crippen molar-refractivity contribution in [1.82, 2.24) is 29.7 Å². The third-order valence-corrected chi connectivity index (χ3v) is 7.12. The third-order valence-electron chi connectivity index (χ3n) is 7.12. The number of hydrogen-bond donors (Lipinski definition) is 1. The van der Waals surface area contributed by atoms with E-state index in [-0.39, 0.29) is 17.8 Å². The average molecular weight is 571 g/mol. The van der Waals surface area contributed by atoms with Crippen LogP contribution in [0.3, 0.4) is 0 Å². The van der Waals surface area contributed by atoms with Gasteiger partial charge in [0.05, 0.1) is 11.1 Å². The summed E-state index contributed by atoms with van der Waals surface area (Å²) in [4.78, 5) is 43.0. The molecule has 1 fully saturated rings. The van der Waals surface area contributed by atoms with E-state index in [0.29, 0.717) is 63.4 Å². The van der Waals surface area contributed by atoms with Crippen LogP contribution in [0.25, 0.3) is 16.7 Å². The van der Waals surface area contributed by atoms with Gasteiger partial charge in [0.25, 0.3) is 5.91 Å². The molecule has 3 aromatic rings. The topological polar surface area (TPSA) is 94.7 Å². The van der Waals surface area contributed by atoms with Gasteiger partial charge < -0.3 is 19.5 Å². The van der Waals surface area contributed by atoms with Gasteiger partial charge in [0.15, 0.2) is 11.5 Å². The summed E-state index contributed by atoms with van der Waals surface area (Å²) in [6, 6.07) is 7.11. The maximum Gasteiger partial charge on any atom is 0.416 e. The summed E-state index contributed by atoms with van der Waals surface area (Å²) < 4.78 is 43.9. The van der Waals surface area contributed by atoms with Crippen LogP contribution in [0.4, 0.5) is 18.0 Å². The fourth-order valence-corrected chi connectivity index (χ4v) is 4.92. The van der Waals surface area contributed by atoms with Gasteiger partial charge in [-0.2, -0.15) is 13.2 Å². The molecule has 1 N–H and O–H groups in total. The maximum absolute atomic E-state index is 13.2. The summed E-state index contributed by atoms with van der Waals surface area (Å²) in [6.45, 7) is 9.19. The number of nitrogens with zero attached hydrogens (tertiary/aromatic N) is 5. The molecule has 0 atom stereocenters. The van der Waals surface area contributed by atoms with Gasteiger partial charge in [-0.25, -0.2) is 14.8 Å². The third kappa shape index (κ3) is 6.87. The summed E-state index contributed by atoms with van der Waals surface area (Å²) in [7, 11) is 0. The average Bonchev–Trinajstić information content (AvgIpc) is 3.36. The normalized spacial score (nSPS) is 17.1. The number of carbonyl (C=O) groups is 2. The Morgan fingerprint density at radius 3 is 2.32 bits per heavy atom. The molecule has 0 bridgehead atoms. The molecule has 9 nitrogen and oxygen atoms in total. The lowest BCUT2D eigenvalue weighted by molar-refractivity contribution is -0.137. The van der Waals surface area contributed by atoms with Crippen molar-refractivity contribution in [3.8, 4) is 0 Å². The number of pyridine rings is 1. The first kappa shape index (κ1) is 28.6. The number of H-pyrrole nitrogens is 1. The predicted octanol–water partition coefficient (Wildman–Crippen LogP) is 4.96. The lowest BCUT2D eigenvalue weighted by atomic mass is 10.0. The van der Waals surface area contributed by atoms with Gasteiger partial charge in [-0.1, -0.05) is 18.2 Å². The van der Waals surface area contributed by atoms with Gasteiger partial charge in [0, 0.05) is 52.0 Å². The highest BCUT2D eigenvalue weighted by molar-refractivity contribution is 5.94. The van der Waals surface area contributed by atoms with Crippen LogP contribution < -0.4 is 0 Å². The second-order valence-corrected chi connectivity index (χ2v) is 11.3. The highest BCUT2D eigenvalue weighted by Crippen LogP contribution is 2.29. The fourth-order valence-electron chi connectivity index (χ4n) is 4.92. The molecule has 41 heavy (non-hydrogen) atoms. The zero-order valence-electron chi connectivity index (χ0n) is 23.3. The minimum Gasteiger partial charge on any atom is -0.444 e. The Balaban J connectivity index is 1.17. The lowest BCUT2D eigenvalue weighted by Crippen LogP contribution is -2.48. The molecule has 2 aliphatic heterocycles. The molecule has 12 heteroatoms. The van der Waals surface area contributed by atoms with E-state index in [9.17, 15) is 22.8 Å². The lowest BCUT2D eigenvalue weighted by Gasteiger charge is -2.34. The zero-order valence-corrected chi connectivity index (χ0v) is 23.3. The van der Waals surface area contributed by atoms with Crippen molar-refractivity contribution in [1.29, 1.82) is 0 Å². The highest BCUT2D eigenvalue weighted by Gasteiger charge is 2.30. The first-order valence-electron chi connectivity index (χ1n) is 13.6. The number of ether oxygens (including phenoxy) is 1. The molecular weight excluding hydrogens is 537 g/mol. The molecule has 0 spiro atoms. The van der Waals surface area contributed by atoms with Crippen LogP contribution in [-0.4, -0.2) is 86.5 Å². The van der Waals surface area contributed by atoms with Crippen molar-refractivity contribution in [3.63, 3.8) is 0 Å². The largest absolute Gasteiger partial charge is 0.444 e. The van der Waals surface area contributed by atoms with Gasteiger partial charge in [-0.15, -0.1) is 0 Å². The van der Waals surface area contributed by atoms with Gasteiger partial charge in [-0.05, 0) is 62.1 Å².